The molecule has 6 rings (SSSR count). The third-order valence-corrected chi connectivity index (χ3v) is 11.2. The van der Waals surface area contributed by atoms with Gasteiger partial charge >= 0.3 is 6.09 Å². The van der Waals surface area contributed by atoms with E-state index in [0.29, 0.717) is 29.2 Å². The van der Waals surface area contributed by atoms with E-state index in [0.717, 1.165) is 44.6 Å². The number of benzene rings is 2. The van der Waals surface area contributed by atoms with Crippen LogP contribution >= 0.6 is 0 Å². The molecule has 0 radical (unpaired) electrons. The van der Waals surface area contributed by atoms with Crippen molar-refractivity contribution in [1.29, 1.82) is 0 Å². The number of likely N-dealkylation sites (N-methyl/N-ethyl adjacent to an activating group) is 1. The summed E-state index contributed by atoms with van der Waals surface area (Å²) in [6.07, 6.45) is 2.25. The minimum atomic E-state index is -4.64. The Hall–Kier alpha value is -4.40. The summed E-state index contributed by atoms with van der Waals surface area (Å²) >= 11 is 0. The summed E-state index contributed by atoms with van der Waals surface area (Å²) < 4.78 is 52.3. The molecule has 14 heteroatoms. The lowest BCUT2D eigenvalue weighted by Gasteiger charge is -2.42. The molecule has 2 aromatic carbocycles. The van der Waals surface area contributed by atoms with Crippen molar-refractivity contribution in [3.05, 3.63) is 71.4 Å². The lowest BCUT2D eigenvalue weighted by Crippen LogP contribution is -2.54. The van der Waals surface area contributed by atoms with E-state index >= 15 is 4.79 Å². The van der Waals surface area contributed by atoms with Gasteiger partial charge in [-0.1, -0.05) is 11.6 Å². The normalized spacial score (nSPS) is 20.8. The Morgan fingerprint density at radius 2 is 1.62 bits per heavy atom. The SMILES string of the molecule is COc1ccc(S(=O)(=O)N2C(=O)C(OC(=O)N3CCC(N4CCN(C)CC4)CC3)(c3cccnc3OC)c3cc(C)ccc32)c(OC)c1. The van der Waals surface area contributed by atoms with Crippen LogP contribution in [0, 0.1) is 6.92 Å². The molecule has 0 bridgehead atoms. The van der Waals surface area contributed by atoms with E-state index in [1.165, 1.54) is 51.8 Å². The van der Waals surface area contributed by atoms with Crippen LogP contribution in [-0.2, 0) is 25.2 Å². The fraction of sp³-hybridized carbons (Fsp3) is 0.441. The molecule has 256 valence electrons. The molecule has 3 aliphatic rings. The van der Waals surface area contributed by atoms with Gasteiger partial charge in [0, 0.05) is 63.1 Å². The molecule has 2 saturated heterocycles. The second kappa shape index (κ2) is 13.2. The first-order valence-corrected chi connectivity index (χ1v) is 17.3. The molecular weight excluding hydrogens is 638 g/mol. The van der Waals surface area contributed by atoms with Gasteiger partial charge in [0.2, 0.25) is 5.88 Å². The number of likely N-dealkylation sites (tertiary alicyclic amines) is 1. The van der Waals surface area contributed by atoms with Crippen LogP contribution in [0.2, 0.25) is 0 Å². The number of rotatable bonds is 8. The summed E-state index contributed by atoms with van der Waals surface area (Å²) in [5.74, 6) is -0.643. The number of piperidine rings is 1. The number of hydrogen-bond acceptors (Lipinski definition) is 11. The molecule has 4 heterocycles. The van der Waals surface area contributed by atoms with E-state index in [1.807, 2.05) is 6.92 Å². The Balaban J connectivity index is 1.42. The third kappa shape index (κ3) is 5.71. The third-order valence-electron chi connectivity index (χ3n) is 9.49. The van der Waals surface area contributed by atoms with Crippen LogP contribution < -0.4 is 18.5 Å². The molecule has 3 aliphatic heterocycles. The summed E-state index contributed by atoms with van der Waals surface area (Å²) in [4.78, 5) is 39.6. The van der Waals surface area contributed by atoms with Crippen LogP contribution in [0.1, 0.15) is 29.5 Å². The van der Waals surface area contributed by atoms with E-state index in [9.17, 15) is 13.2 Å². The molecule has 0 N–H and O–H groups in total. The molecule has 3 aromatic rings. The number of pyridine rings is 1. The van der Waals surface area contributed by atoms with Crippen LogP contribution in [0.3, 0.4) is 0 Å². The van der Waals surface area contributed by atoms with Crippen molar-refractivity contribution in [2.75, 3.05) is 72.0 Å². The monoisotopic (exact) mass is 679 g/mol. The van der Waals surface area contributed by atoms with Crippen molar-refractivity contribution in [2.45, 2.75) is 36.3 Å². The summed E-state index contributed by atoms with van der Waals surface area (Å²) in [5, 5.41) is 0. The van der Waals surface area contributed by atoms with Crippen LogP contribution in [0.4, 0.5) is 10.5 Å². The molecule has 0 saturated carbocycles. The zero-order chi connectivity index (χ0) is 34.2. The molecule has 2 fully saturated rings. The number of nitrogens with zero attached hydrogens (tertiary/aromatic N) is 5. The van der Waals surface area contributed by atoms with Gasteiger partial charge in [-0.15, -0.1) is 0 Å². The quantitative estimate of drug-likeness (QED) is 0.348. The predicted octanol–water partition coefficient (Wildman–Crippen LogP) is 3.24. The highest BCUT2D eigenvalue weighted by Gasteiger charge is 2.61. The highest BCUT2D eigenvalue weighted by Crippen LogP contribution is 2.52. The Bertz CT molecular complexity index is 1800. The molecule has 1 unspecified atom stereocenters. The first kappa shape index (κ1) is 33.5. The standard InChI is InChI=1S/C34H41N5O8S/c1-23-8-10-28-27(21-23)34(26-7-6-14-35-31(26)46-5,32(40)39(28)48(42,43)30-11-9-25(44-3)22-29(30)45-4)47-33(41)38-15-12-24(13-16-38)37-19-17-36(2)18-20-37/h6-11,14,21-22,24H,12-13,15-20H2,1-5H3. The average molecular weight is 680 g/mol. The minimum absolute atomic E-state index is 0.0150. The number of aromatic nitrogens is 1. The number of ether oxygens (including phenoxy) is 4. The maximum atomic E-state index is 15.0. The van der Waals surface area contributed by atoms with E-state index in [1.54, 1.807) is 29.2 Å². The van der Waals surface area contributed by atoms with Crippen LogP contribution in [0.5, 0.6) is 17.4 Å². The van der Waals surface area contributed by atoms with Gasteiger partial charge in [0.15, 0.2) is 0 Å². The number of fused-ring (bicyclic) bond motifs is 1. The molecule has 13 nitrogen and oxygen atoms in total. The number of carbonyl (C=O) groups is 2. The van der Waals surface area contributed by atoms with E-state index in [2.05, 4.69) is 21.8 Å². The fourth-order valence-electron chi connectivity index (χ4n) is 6.83. The largest absolute Gasteiger partial charge is 0.497 e. The van der Waals surface area contributed by atoms with Gasteiger partial charge in [0.05, 0.1) is 32.6 Å². The van der Waals surface area contributed by atoms with Gasteiger partial charge in [0.25, 0.3) is 21.5 Å². The smallest absolute Gasteiger partial charge is 0.411 e. The van der Waals surface area contributed by atoms with Crippen LogP contribution in [0.15, 0.2) is 59.6 Å². The lowest BCUT2D eigenvalue weighted by molar-refractivity contribution is -0.132. The lowest BCUT2D eigenvalue weighted by atomic mass is 9.87. The fourth-order valence-corrected chi connectivity index (χ4v) is 8.43. The van der Waals surface area contributed by atoms with Crippen LogP contribution in [-0.4, -0.2) is 114 Å². The van der Waals surface area contributed by atoms with Gasteiger partial charge in [0.1, 0.15) is 16.4 Å². The highest BCUT2D eigenvalue weighted by molar-refractivity contribution is 7.93. The zero-order valence-electron chi connectivity index (χ0n) is 27.8. The number of aryl methyl sites for hydroxylation is 1. The molecule has 1 atom stereocenters. The number of anilines is 1. The van der Waals surface area contributed by atoms with E-state index < -0.39 is 27.6 Å². The Morgan fingerprint density at radius 3 is 2.29 bits per heavy atom. The van der Waals surface area contributed by atoms with Gasteiger partial charge in [-0.05, 0) is 63.2 Å². The van der Waals surface area contributed by atoms with Crippen molar-refractivity contribution in [2.24, 2.45) is 0 Å². The summed E-state index contributed by atoms with van der Waals surface area (Å²) in [6, 6.07) is 12.6. The van der Waals surface area contributed by atoms with Crippen molar-refractivity contribution in [1.82, 2.24) is 19.7 Å². The molecular formula is C34H41N5O8S. The zero-order valence-corrected chi connectivity index (χ0v) is 28.7. The summed E-state index contributed by atoms with van der Waals surface area (Å²) in [7, 11) is 1.65. The molecule has 0 aliphatic carbocycles. The van der Waals surface area contributed by atoms with Gasteiger partial charge < -0.3 is 28.7 Å². The molecule has 1 aromatic heterocycles. The molecule has 48 heavy (non-hydrogen) atoms. The number of sulfonamides is 1. The number of methoxy groups -OCH3 is 3. The van der Waals surface area contributed by atoms with Crippen molar-refractivity contribution in [3.8, 4) is 17.4 Å². The van der Waals surface area contributed by atoms with Crippen molar-refractivity contribution in [3.63, 3.8) is 0 Å². The summed E-state index contributed by atoms with van der Waals surface area (Å²) in [5.41, 5.74) is -1.20. The molecule has 2 amide bonds. The average Bonchev–Trinajstić information content (AvgIpc) is 3.35. The minimum Gasteiger partial charge on any atom is -0.497 e. The van der Waals surface area contributed by atoms with Gasteiger partial charge in [-0.3, -0.25) is 9.69 Å². The highest BCUT2D eigenvalue weighted by atomic mass is 32.2. The van der Waals surface area contributed by atoms with Crippen molar-refractivity contribution < 1.29 is 37.0 Å². The Morgan fingerprint density at radius 1 is 0.896 bits per heavy atom. The van der Waals surface area contributed by atoms with Gasteiger partial charge in [-0.25, -0.2) is 18.2 Å². The number of carbonyl (C=O) groups excluding carboxylic acids is 2. The first-order valence-electron chi connectivity index (χ1n) is 15.9. The maximum absolute atomic E-state index is 15.0. The second-order valence-electron chi connectivity index (χ2n) is 12.3. The first-order chi connectivity index (χ1) is 23.0. The number of hydrogen-bond donors (Lipinski definition) is 0. The van der Waals surface area contributed by atoms with E-state index in [4.69, 9.17) is 18.9 Å². The van der Waals surface area contributed by atoms with Crippen LogP contribution in [0.25, 0.3) is 0 Å². The van der Waals surface area contributed by atoms with Gasteiger partial charge in [-0.2, -0.15) is 4.31 Å². The van der Waals surface area contributed by atoms with E-state index in [-0.39, 0.29) is 33.3 Å². The topological polar surface area (TPSA) is 131 Å². The Labute approximate surface area is 281 Å². The second-order valence-corrected chi connectivity index (χ2v) is 14.0. The summed E-state index contributed by atoms with van der Waals surface area (Å²) in [6.45, 7) is 6.62. The molecule has 0 spiro atoms. The Kier molecular flexibility index (Phi) is 9.25. The number of piperazine rings is 1. The van der Waals surface area contributed by atoms with Crippen molar-refractivity contribution >= 4 is 27.7 Å². The predicted molar refractivity (Wildman–Crippen MR) is 177 cm³/mol. The number of amides is 2. The maximum Gasteiger partial charge on any atom is 0.411 e.